The lowest BCUT2D eigenvalue weighted by Gasteiger charge is -2.34. The quantitative estimate of drug-likeness (QED) is 0.648. The molecular formula is C15H21N. The Bertz CT molecular complexity index is 396. The lowest BCUT2D eigenvalue weighted by atomic mass is 9.79. The molecule has 1 nitrogen and oxygen atoms in total. The van der Waals surface area contributed by atoms with Crippen LogP contribution in [0.1, 0.15) is 20.3 Å². The Balaban J connectivity index is 2.49. The van der Waals surface area contributed by atoms with Crippen LogP contribution < -0.4 is 0 Å². The van der Waals surface area contributed by atoms with Crippen LogP contribution in [0.5, 0.6) is 0 Å². The van der Waals surface area contributed by atoms with Crippen molar-refractivity contribution in [1.29, 1.82) is 0 Å². The summed E-state index contributed by atoms with van der Waals surface area (Å²) in [6.45, 7) is 10.5. The normalized spacial score (nSPS) is 29.1. The number of allylic oxidation sites excluding steroid dienone is 4. The van der Waals surface area contributed by atoms with Crippen LogP contribution in [0, 0.1) is 5.92 Å². The van der Waals surface area contributed by atoms with Crippen LogP contribution in [-0.4, -0.2) is 25.0 Å². The topological polar surface area (TPSA) is 3.24 Å². The predicted octanol–water partition coefficient (Wildman–Crippen LogP) is 3.33. The van der Waals surface area contributed by atoms with Gasteiger partial charge in [0.2, 0.25) is 0 Å². The van der Waals surface area contributed by atoms with Gasteiger partial charge in [-0.05, 0) is 48.6 Å². The Morgan fingerprint density at radius 1 is 1.44 bits per heavy atom. The van der Waals surface area contributed by atoms with Crippen molar-refractivity contribution in [2.45, 2.75) is 20.3 Å². The zero-order valence-electron chi connectivity index (χ0n) is 10.6. The molecular weight excluding hydrogens is 194 g/mol. The molecule has 0 aromatic rings. The molecule has 2 rings (SSSR count). The smallest absolute Gasteiger partial charge is 0.0237 e. The fraction of sp³-hybridized carbons (Fsp3) is 0.467. The molecule has 16 heavy (non-hydrogen) atoms. The summed E-state index contributed by atoms with van der Waals surface area (Å²) in [7, 11) is 2.19. The number of likely N-dealkylation sites (tertiary alicyclic amines) is 1. The summed E-state index contributed by atoms with van der Waals surface area (Å²) in [5.74, 6) is 0.649. The molecule has 0 N–H and O–H groups in total. The van der Waals surface area contributed by atoms with Crippen molar-refractivity contribution < 1.29 is 0 Å². The first-order valence-corrected chi connectivity index (χ1v) is 6.06. The van der Waals surface area contributed by atoms with E-state index in [9.17, 15) is 0 Å². The molecule has 1 atom stereocenters. The van der Waals surface area contributed by atoms with Gasteiger partial charge in [-0.15, -0.1) is 0 Å². The zero-order chi connectivity index (χ0) is 11.7. The maximum Gasteiger partial charge on any atom is 0.0237 e. The second kappa shape index (κ2) is 4.42. The van der Waals surface area contributed by atoms with Crippen LogP contribution >= 0.6 is 0 Å². The summed E-state index contributed by atoms with van der Waals surface area (Å²) in [6.07, 6.45) is 7.87. The number of rotatable bonds is 1. The summed E-state index contributed by atoms with van der Waals surface area (Å²) in [4.78, 5) is 2.38. The van der Waals surface area contributed by atoms with E-state index in [4.69, 9.17) is 0 Å². The maximum atomic E-state index is 3.97. The van der Waals surface area contributed by atoms with E-state index >= 15 is 0 Å². The van der Waals surface area contributed by atoms with E-state index < -0.39 is 0 Å². The standard InChI is InChI=1S/C15H21N/c1-5-12-7-11(3)8-14-10-16(4)9-13(6-2)15(12)14/h5-6,8,11H,1,7,9-10H2,2-4H3/b13-6-. The molecule has 2 aliphatic rings. The molecule has 0 bridgehead atoms. The molecule has 1 aliphatic carbocycles. The highest BCUT2D eigenvalue weighted by Crippen LogP contribution is 2.37. The summed E-state index contributed by atoms with van der Waals surface area (Å²) >= 11 is 0. The molecule has 0 aromatic carbocycles. The van der Waals surface area contributed by atoms with Gasteiger partial charge < -0.3 is 0 Å². The van der Waals surface area contributed by atoms with Gasteiger partial charge in [0, 0.05) is 13.1 Å². The molecule has 1 aliphatic heterocycles. The molecule has 86 valence electrons. The van der Waals surface area contributed by atoms with E-state index in [0.29, 0.717) is 5.92 Å². The monoisotopic (exact) mass is 215 g/mol. The first-order chi connectivity index (χ1) is 7.65. The second-order valence-electron chi connectivity index (χ2n) is 4.96. The summed E-state index contributed by atoms with van der Waals surface area (Å²) in [6, 6.07) is 0. The van der Waals surface area contributed by atoms with Crippen LogP contribution in [0.2, 0.25) is 0 Å². The lowest BCUT2D eigenvalue weighted by molar-refractivity contribution is 0.378. The fourth-order valence-corrected chi connectivity index (χ4v) is 2.82. The molecule has 1 unspecified atom stereocenters. The van der Waals surface area contributed by atoms with Crippen LogP contribution in [0.3, 0.4) is 0 Å². The molecule has 1 heterocycles. The van der Waals surface area contributed by atoms with Crippen LogP contribution in [0.4, 0.5) is 0 Å². The van der Waals surface area contributed by atoms with Gasteiger partial charge in [0.05, 0.1) is 0 Å². The van der Waals surface area contributed by atoms with Crippen molar-refractivity contribution in [3.63, 3.8) is 0 Å². The van der Waals surface area contributed by atoms with Crippen molar-refractivity contribution in [2.24, 2.45) is 5.92 Å². The van der Waals surface area contributed by atoms with E-state index in [-0.39, 0.29) is 0 Å². The summed E-state index contributed by atoms with van der Waals surface area (Å²) in [5, 5.41) is 0. The Morgan fingerprint density at radius 2 is 2.19 bits per heavy atom. The van der Waals surface area contributed by atoms with Crippen LogP contribution in [0.25, 0.3) is 0 Å². The summed E-state index contributed by atoms with van der Waals surface area (Å²) in [5.41, 5.74) is 5.87. The second-order valence-corrected chi connectivity index (χ2v) is 4.96. The van der Waals surface area contributed by atoms with Crippen molar-refractivity contribution in [3.8, 4) is 0 Å². The van der Waals surface area contributed by atoms with Crippen molar-refractivity contribution in [3.05, 3.63) is 47.1 Å². The van der Waals surface area contributed by atoms with Crippen molar-refractivity contribution >= 4 is 0 Å². The minimum Gasteiger partial charge on any atom is -0.298 e. The van der Waals surface area contributed by atoms with Crippen molar-refractivity contribution in [2.75, 3.05) is 20.1 Å². The number of piperidine rings is 1. The average molecular weight is 215 g/mol. The molecule has 0 amide bonds. The highest BCUT2D eigenvalue weighted by Gasteiger charge is 2.26. The maximum absolute atomic E-state index is 3.97. The van der Waals surface area contributed by atoms with Gasteiger partial charge in [-0.3, -0.25) is 4.90 Å². The third kappa shape index (κ3) is 1.92. The molecule has 0 spiro atoms. The van der Waals surface area contributed by atoms with E-state index in [2.05, 4.69) is 44.5 Å². The SMILES string of the molecule is C=CC1=C2C(=CC(C)C1)CN(C)C/C2=C/C. The highest BCUT2D eigenvalue weighted by molar-refractivity contribution is 5.57. The van der Waals surface area contributed by atoms with Gasteiger partial charge in [-0.1, -0.05) is 31.7 Å². The fourth-order valence-electron chi connectivity index (χ4n) is 2.82. The van der Waals surface area contributed by atoms with E-state index in [1.807, 2.05) is 6.08 Å². The summed E-state index contributed by atoms with van der Waals surface area (Å²) < 4.78 is 0. The molecule has 1 saturated heterocycles. The zero-order valence-corrected chi connectivity index (χ0v) is 10.6. The van der Waals surface area contributed by atoms with E-state index in [1.54, 1.807) is 0 Å². The van der Waals surface area contributed by atoms with Gasteiger partial charge in [0.1, 0.15) is 0 Å². The van der Waals surface area contributed by atoms with Gasteiger partial charge in [0.15, 0.2) is 0 Å². The molecule has 1 heteroatoms. The Morgan fingerprint density at radius 3 is 2.81 bits per heavy atom. The van der Waals surface area contributed by atoms with Crippen molar-refractivity contribution in [1.82, 2.24) is 4.90 Å². The Labute approximate surface area is 98.8 Å². The minimum atomic E-state index is 0.649. The number of hydrogen-bond donors (Lipinski definition) is 0. The van der Waals surface area contributed by atoms with Gasteiger partial charge in [-0.25, -0.2) is 0 Å². The third-order valence-corrected chi connectivity index (χ3v) is 3.47. The Hall–Kier alpha value is -1.08. The lowest BCUT2D eigenvalue weighted by Crippen LogP contribution is -2.32. The van der Waals surface area contributed by atoms with Gasteiger partial charge in [-0.2, -0.15) is 0 Å². The highest BCUT2D eigenvalue weighted by atomic mass is 15.1. The van der Waals surface area contributed by atoms with Gasteiger partial charge >= 0.3 is 0 Å². The largest absolute Gasteiger partial charge is 0.298 e. The number of fused-ring (bicyclic) bond motifs is 1. The molecule has 0 radical (unpaired) electrons. The average Bonchev–Trinajstić information content (AvgIpc) is 2.26. The van der Waals surface area contributed by atoms with Crippen LogP contribution in [-0.2, 0) is 0 Å². The van der Waals surface area contributed by atoms with Crippen LogP contribution in [0.15, 0.2) is 47.1 Å². The molecule has 1 fully saturated rings. The van der Waals surface area contributed by atoms with Gasteiger partial charge in [0.25, 0.3) is 0 Å². The minimum absolute atomic E-state index is 0.649. The third-order valence-electron chi connectivity index (χ3n) is 3.47. The first kappa shape index (κ1) is 11.4. The number of likely N-dealkylation sites (N-methyl/N-ethyl adjacent to an activating group) is 1. The molecule has 0 aromatic heterocycles. The van der Waals surface area contributed by atoms with E-state index in [0.717, 1.165) is 19.5 Å². The molecule has 0 saturated carbocycles. The Kier molecular flexibility index (Phi) is 3.15. The predicted molar refractivity (Wildman–Crippen MR) is 70.3 cm³/mol. The number of nitrogens with zero attached hydrogens (tertiary/aromatic N) is 1. The number of hydrogen-bond acceptors (Lipinski definition) is 1. The first-order valence-electron chi connectivity index (χ1n) is 6.06. The van der Waals surface area contributed by atoms with E-state index in [1.165, 1.54) is 22.3 Å².